The molecule has 4 rings (SSSR count). The van der Waals surface area contributed by atoms with Gasteiger partial charge in [-0.25, -0.2) is 0 Å². The number of carbonyl (C=O) groups excluding carboxylic acids is 2. The van der Waals surface area contributed by atoms with Gasteiger partial charge in [0.15, 0.2) is 6.61 Å². The Labute approximate surface area is 192 Å². The number of ether oxygens (including phenoxy) is 1. The van der Waals surface area contributed by atoms with Crippen molar-refractivity contribution >= 4 is 11.8 Å². The van der Waals surface area contributed by atoms with E-state index in [0.717, 1.165) is 12.1 Å². The molecule has 1 fully saturated rings. The van der Waals surface area contributed by atoms with Gasteiger partial charge in [0.2, 0.25) is 11.7 Å². The van der Waals surface area contributed by atoms with Gasteiger partial charge in [-0.2, -0.15) is 18.2 Å². The van der Waals surface area contributed by atoms with Crippen LogP contribution >= 0.6 is 0 Å². The zero-order valence-corrected chi connectivity index (χ0v) is 18.2. The second kappa shape index (κ2) is 9.54. The van der Waals surface area contributed by atoms with E-state index >= 15 is 0 Å². The summed E-state index contributed by atoms with van der Waals surface area (Å²) < 4.78 is 48.6. The summed E-state index contributed by atoms with van der Waals surface area (Å²) in [4.78, 5) is 32.6. The summed E-state index contributed by atoms with van der Waals surface area (Å²) in [5.74, 6) is 0.870. The predicted octanol–water partition coefficient (Wildman–Crippen LogP) is 3.57. The van der Waals surface area contributed by atoms with Gasteiger partial charge in [0, 0.05) is 44.2 Å². The van der Waals surface area contributed by atoms with Crippen LogP contribution in [0, 0.1) is 6.92 Å². The predicted molar refractivity (Wildman–Crippen MR) is 113 cm³/mol. The Morgan fingerprint density at radius 3 is 1.85 bits per heavy atom. The molecule has 1 aliphatic heterocycles. The van der Waals surface area contributed by atoms with Crippen molar-refractivity contribution in [3.63, 3.8) is 0 Å². The summed E-state index contributed by atoms with van der Waals surface area (Å²) in [7, 11) is 0. The van der Waals surface area contributed by atoms with Gasteiger partial charge >= 0.3 is 6.18 Å². The largest absolute Gasteiger partial charge is 0.485 e. The molecule has 2 heterocycles. The van der Waals surface area contributed by atoms with Gasteiger partial charge in [0.1, 0.15) is 5.75 Å². The van der Waals surface area contributed by atoms with Gasteiger partial charge in [0.25, 0.3) is 11.8 Å². The highest BCUT2D eigenvalue weighted by atomic mass is 19.4. The molecule has 0 atom stereocenters. The molecule has 2 aromatic carbocycles. The number of rotatable bonds is 5. The van der Waals surface area contributed by atoms with E-state index < -0.39 is 11.7 Å². The van der Waals surface area contributed by atoms with Gasteiger partial charge in [-0.15, -0.1) is 0 Å². The lowest BCUT2D eigenvalue weighted by atomic mass is 10.1. The fraction of sp³-hybridized carbons (Fsp3) is 0.304. The lowest BCUT2D eigenvalue weighted by molar-refractivity contribution is -0.137. The van der Waals surface area contributed by atoms with E-state index in [1.165, 1.54) is 17.0 Å². The summed E-state index contributed by atoms with van der Waals surface area (Å²) in [5, 5.41) is 3.74. The molecular formula is C23H21F3N4O4. The second-order valence-corrected chi connectivity index (χ2v) is 7.70. The normalized spacial score (nSPS) is 14.2. The molecule has 3 aromatic rings. The number of carbonyl (C=O) groups is 2. The van der Waals surface area contributed by atoms with Crippen molar-refractivity contribution in [3.8, 4) is 5.75 Å². The average Bonchev–Trinajstić information content (AvgIpc) is 3.27. The number of nitrogens with zero attached hydrogens (tertiary/aromatic N) is 4. The zero-order valence-electron chi connectivity index (χ0n) is 18.2. The monoisotopic (exact) mass is 474 g/mol. The summed E-state index contributed by atoms with van der Waals surface area (Å²) in [6.45, 7) is 3.04. The van der Waals surface area contributed by atoms with Crippen LogP contribution in [-0.4, -0.2) is 57.9 Å². The highest BCUT2D eigenvalue weighted by molar-refractivity contribution is 5.96. The Hall–Kier alpha value is -3.89. The van der Waals surface area contributed by atoms with Crippen molar-refractivity contribution in [1.29, 1.82) is 0 Å². The van der Waals surface area contributed by atoms with Crippen molar-refractivity contribution in [3.05, 3.63) is 76.9 Å². The first-order chi connectivity index (χ1) is 16.2. The third-order valence-electron chi connectivity index (χ3n) is 5.35. The molecule has 1 aliphatic rings. The number of aromatic nitrogens is 2. The van der Waals surface area contributed by atoms with Crippen molar-refractivity contribution in [1.82, 2.24) is 19.9 Å². The quantitative estimate of drug-likeness (QED) is 0.562. The topological polar surface area (TPSA) is 88.8 Å². The van der Waals surface area contributed by atoms with Gasteiger partial charge in [-0.05, 0) is 48.5 Å². The van der Waals surface area contributed by atoms with Crippen LogP contribution in [0.5, 0.6) is 5.75 Å². The first-order valence-corrected chi connectivity index (χ1v) is 10.5. The first-order valence-electron chi connectivity index (χ1n) is 10.5. The summed E-state index contributed by atoms with van der Waals surface area (Å²) in [6, 6.07) is 10.8. The highest BCUT2D eigenvalue weighted by Crippen LogP contribution is 2.29. The molecule has 2 amide bonds. The number of benzene rings is 2. The Morgan fingerprint density at radius 1 is 0.912 bits per heavy atom. The van der Waals surface area contributed by atoms with Gasteiger partial charge < -0.3 is 19.1 Å². The number of halogens is 3. The molecule has 0 N–H and O–H groups in total. The van der Waals surface area contributed by atoms with Gasteiger partial charge in [0.05, 0.1) is 5.56 Å². The lowest BCUT2D eigenvalue weighted by Crippen LogP contribution is -2.50. The van der Waals surface area contributed by atoms with Gasteiger partial charge in [-0.3, -0.25) is 9.59 Å². The number of piperazine rings is 1. The smallest absolute Gasteiger partial charge is 0.416 e. The van der Waals surface area contributed by atoms with Crippen LogP contribution in [0.25, 0.3) is 0 Å². The molecular weight excluding hydrogens is 453 g/mol. The standard InChI is InChI=1S/C23H21F3N4O4/c1-15-27-20(28-34-15)14-33-19-8-4-17(5-9-19)22(32)30-12-10-29(11-13-30)21(31)16-2-6-18(7-3-16)23(24,25)26/h2-9H,10-14H2,1H3. The maximum atomic E-state index is 12.8. The third kappa shape index (κ3) is 5.36. The number of hydrogen-bond acceptors (Lipinski definition) is 6. The molecule has 1 saturated heterocycles. The Morgan fingerprint density at radius 2 is 1.41 bits per heavy atom. The molecule has 11 heteroatoms. The first kappa shape index (κ1) is 23.3. The van der Waals surface area contributed by atoms with Crippen molar-refractivity contribution in [2.75, 3.05) is 26.2 Å². The number of aryl methyl sites for hydroxylation is 1. The molecule has 1 aromatic heterocycles. The van der Waals surface area contributed by atoms with Crippen LogP contribution in [0.15, 0.2) is 53.1 Å². The third-order valence-corrected chi connectivity index (χ3v) is 5.35. The van der Waals surface area contributed by atoms with Crippen LogP contribution in [0.2, 0.25) is 0 Å². The molecule has 8 nitrogen and oxygen atoms in total. The molecule has 34 heavy (non-hydrogen) atoms. The fourth-order valence-corrected chi connectivity index (χ4v) is 3.52. The zero-order chi connectivity index (χ0) is 24.3. The van der Waals surface area contributed by atoms with E-state index in [0.29, 0.717) is 36.1 Å². The molecule has 178 valence electrons. The molecule has 0 unspecified atom stereocenters. The Balaban J connectivity index is 1.29. The molecule has 0 aliphatic carbocycles. The maximum absolute atomic E-state index is 12.8. The average molecular weight is 474 g/mol. The minimum atomic E-state index is -4.45. The van der Waals surface area contributed by atoms with Crippen molar-refractivity contribution in [2.24, 2.45) is 0 Å². The number of alkyl halides is 3. The van der Waals surface area contributed by atoms with Crippen molar-refractivity contribution in [2.45, 2.75) is 19.7 Å². The summed E-state index contributed by atoms with van der Waals surface area (Å²) >= 11 is 0. The van der Waals surface area contributed by atoms with E-state index in [1.54, 1.807) is 36.1 Å². The molecule has 0 spiro atoms. The highest BCUT2D eigenvalue weighted by Gasteiger charge is 2.31. The Kier molecular flexibility index (Phi) is 6.53. The second-order valence-electron chi connectivity index (χ2n) is 7.70. The SMILES string of the molecule is Cc1nc(COc2ccc(C(=O)N3CCN(C(=O)c4ccc(C(F)(F)F)cc4)CC3)cc2)no1. The van der Waals surface area contributed by atoms with Crippen LogP contribution in [0.3, 0.4) is 0 Å². The summed E-state index contributed by atoms with van der Waals surface area (Å²) in [5.41, 5.74) is -0.148. The number of hydrogen-bond donors (Lipinski definition) is 0. The minimum absolute atomic E-state index is 0.138. The van der Waals surface area contributed by atoms with E-state index in [4.69, 9.17) is 9.26 Å². The molecule has 0 bridgehead atoms. The van der Waals surface area contributed by atoms with Gasteiger partial charge in [-0.1, -0.05) is 5.16 Å². The van der Waals surface area contributed by atoms with Crippen LogP contribution in [0.4, 0.5) is 13.2 Å². The van der Waals surface area contributed by atoms with Crippen molar-refractivity contribution < 1.29 is 32.0 Å². The van der Waals surface area contributed by atoms with E-state index in [9.17, 15) is 22.8 Å². The number of amides is 2. The summed E-state index contributed by atoms with van der Waals surface area (Å²) in [6.07, 6.45) is -4.45. The maximum Gasteiger partial charge on any atom is 0.416 e. The van der Waals surface area contributed by atoms with Crippen LogP contribution < -0.4 is 4.74 Å². The fourth-order valence-electron chi connectivity index (χ4n) is 3.52. The van der Waals surface area contributed by atoms with E-state index in [2.05, 4.69) is 10.1 Å². The lowest BCUT2D eigenvalue weighted by Gasteiger charge is -2.35. The Bertz CT molecular complexity index is 1150. The minimum Gasteiger partial charge on any atom is -0.485 e. The molecule has 0 saturated carbocycles. The van der Waals surface area contributed by atoms with Crippen LogP contribution in [0.1, 0.15) is 38.0 Å². The van der Waals surface area contributed by atoms with E-state index in [1.807, 2.05) is 0 Å². The van der Waals surface area contributed by atoms with Crippen LogP contribution in [-0.2, 0) is 12.8 Å². The van der Waals surface area contributed by atoms with E-state index in [-0.39, 0.29) is 37.1 Å². The molecule has 0 radical (unpaired) electrons.